The van der Waals surface area contributed by atoms with E-state index in [1.807, 2.05) is 29.2 Å². The zero-order chi connectivity index (χ0) is 23.4. The number of phenolic OH excluding ortho intramolecular Hbond substituents is 1. The zero-order valence-electron chi connectivity index (χ0n) is 18.4. The molecular formula is C23H25N5O5. The Labute approximate surface area is 190 Å². The first-order chi connectivity index (χ1) is 16.0. The van der Waals surface area contributed by atoms with Gasteiger partial charge < -0.3 is 29.7 Å². The molecule has 0 aliphatic carbocycles. The third kappa shape index (κ3) is 4.59. The molecule has 4 rings (SSSR count). The molecule has 1 aliphatic heterocycles. The van der Waals surface area contributed by atoms with E-state index in [2.05, 4.69) is 5.32 Å². The summed E-state index contributed by atoms with van der Waals surface area (Å²) in [6.45, 7) is 4.15. The Bertz CT molecular complexity index is 1180. The van der Waals surface area contributed by atoms with E-state index in [4.69, 9.17) is 19.4 Å². The minimum atomic E-state index is -0.643. The highest BCUT2D eigenvalue weighted by atomic mass is 16.6. The number of methoxy groups -OCH3 is 1. The molecule has 0 bridgehead atoms. The summed E-state index contributed by atoms with van der Waals surface area (Å²) in [6.07, 6.45) is -0.329. The van der Waals surface area contributed by atoms with Gasteiger partial charge in [0.05, 0.1) is 30.4 Å². The normalized spacial score (nSPS) is 13.6. The number of para-hydroxylation sites is 3. The molecule has 2 N–H and O–H groups in total. The first-order valence-corrected chi connectivity index (χ1v) is 10.6. The number of esters is 1. The minimum absolute atomic E-state index is 0.0425. The topological polar surface area (TPSA) is 117 Å². The average molecular weight is 451 g/mol. The van der Waals surface area contributed by atoms with Crippen LogP contribution in [0.5, 0.6) is 5.75 Å². The van der Waals surface area contributed by atoms with Crippen molar-refractivity contribution >= 4 is 40.4 Å². The Morgan fingerprint density at radius 3 is 2.39 bits per heavy atom. The standard InChI is InChI=1S/C23H25N5O5/c1-3-33-23(31)28-13-11-27(12-14-28)21-20(24-16-8-4-5-9-17(16)26-21)25-18-10-6-7-15(19(18)29)22(30)32-2/h4-10,29H,3,11-14H2,1-2H3,(H,24,25). The number of aromatic hydroxyl groups is 1. The van der Waals surface area contributed by atoms with Crippen LogP contribution in [-0.4, -0.2) is 71.9 Å². The fraction of sp³-hybridized carbons (Fsp3) is 0.304. The van der Waals surface area contributed by atoms with E-state index in [-0.39, 0.29) is 17.4 Å². The molecular weight excluding hydrogens is 426 g/mol. The van der Waals surface area contributed by atoms with Crippen LogP contribution < -0.4 is 10.2 Å². The first kappa shape index (κ1) is 22.1. The molecule has 0 atom stereocenters. The van der Waals surface area contributed by atoms with Crippen molar-refractivity contribution in [3.05, 3.63) is 48.0 Å². The van der Waals surface area contributed by atoms with Gasteiger partial charge in [0.15, 0.2) is 17.4 Å². The van der Waals surface area contributed by atoms with E-state index < -0.39 is 5.97 Å². The van der Waals surface area contributed by atoms with Crippen LogP contribution in [0.3, 0.4) is 0 Å². The number of nitrogens with zero attached hydrogens (tertiary/aromatic N) is 4. The molecule has 10 heteroatoms. The molecule has 172 valence electrons. The second-order valence-corrected chi connectivity index (χ2v) is 7.38. The van der Waals surface area contributed by atoms with E-state index in [0.717, 1.165) is 5.52 Å². The first-order valence-electron chi connectivity index (χ1n) is 10.6. The van der Waals surface area contributed by atoms with Gasteiger partial charge in [0.25, 0.3) is 0 Å². The maximum Gasteiger partial charge on any atom is 0.409 e. The van der Waals surface area contributed by atoms with Crippen LogP contribution in [0, 0.1) is 0 Å². The molecule has 2 aromatic carbocycles. The number of hydrogen-bond donors (Lipinski definition) is 2. The van der Waals surface area contributed by atoms with Gasteiger partial charge in [0.2, 0.25) is 0 Å². The largest absolute Gasteiger partial charge is 0.505 e. The lowest BCUT2D eigenvalue weighted by atomic mass is 10.1. The highest BCUT2D eigenvalue weighted by molar-refractivity contribution is 5.95. The number of benzene rings is 2. The van der Waals surface area contributed by atoms with Gasteiger partial charge >= 0.3 is 12.1 Å². The van der Waals surface area contributed by atoms with E-state index in [1.54, 1.807) is 24.0 Å². The average Bonchev–Trinajstić information content (AvgIpc) is 2.84. The van der Waals surface area contributed by atoms with Crippen LogP contribution >= 0.6 is 0 Å². The van der Waals surface area contributed by atoms with Crippen LogP contribution in [0.1, 0.15) is 17.3 Å². The summed E-state index contributed by atoms with van der Waals surface area (Å²) in [5.74, 6) is 0.129. The molecule has 0 saturated carbocycles. The van der Waals surface area contributed by atoms with Crippen LogP contribution in [0.2, 0.25) is 0 Å². The molecule has 0 radical (unpaired) electrons. The molecule has 1 saturated heterocycles. The predicted octanol–water partition coefficient (Wildman–Crippen LogP) is 3.14. The number of nitrogens with one attached hydrogen (secondary N) is 1. The number of phenols is 1. The van der Waals surface area contributed by atoms with Crippen molar-refractivity contribution in [3.8, 4) is 5.75 Å². The number of rotatable bonds is 5. The number of amides is 1. The van der Waals surface area contributed by atoms with Gasteiger partial charge in [-0.3, -0.25) is 0 Å². The van der Waals surface area contributed by atoms with Crippen molar-refractivity contribution < 1.29 is 24.2 Å². The summed E-state index contributed by atoms with van der Waals surface area (Å²) in [5, 5.41) is 13.8. The van der Waals surface area contributed by atoms with Crippen LogP contribution in [0.25, 0.3) is 11.0 Å². The van der Waals surface area contributed by atoms with Gasteiger partial charge in [0.1, 0.15) is 5.56 Å². The quantitative estimate of drug-likeness (QED) is 0.446. The number of piperazine rings is 1. The number of carbonyl (C=O) groups excluding carboxylic acids is 2. The molecule has 0 spiro atoms. The van der Waals surface area contributed by atoms with Gasteiger partial charge in [-0.1, -0.05) is 18.2 Å². The lowest BCUT2D eigenvalue weighted by Crippen LogP contribution is -2.49. The van der Waals surface area contributed by atoms with Gasteiger partial charge in [-0.2, -0.15) is 0 Å². The summed E-state index contributed by atoms with van der Waals surface area (Å²) >= 11 is 0. The molecule has 33 heavy (non-hydrogen) atoms. The molecule has 2 heterocycles. The number of aromatic nitrogens is 2. The van der Waals surface area contributed by atoms with Crippen molar-refractivity contribution in [2.24, 2.45) is 0 Å². The second kappa shape index (κ2) is 9.60. The van der Waals surface area contributed by atoms with Crippen LogP contribution in [0.15, 0.2) is 42.5 Å². The lowest BCUT2D eigenvalue weighted by molar-refractivity contribution is 0.0597. The Morgan fingerprint density at radius 1 is 1.03 bits per heavy atom. The second-order valence-electron chi connectivity index (χ2n) is 7.38. The Hall–Kier alpha value is -4.08. The highest BCUT2D eigenvalue weighted by Crippen LogP contribution is 2.34. The van der Waals surface area contributed by atoms with Gasteiger partial charge in [0, 0.05) is 26.2 Å². The van der Waals surface area contributed by atoms with Crippen LogP contribution in [0.4, 0.5) is 22.1 Å². The van der Waals surface area contributed by atoms with Crippen molar-refractivity contribution in [2.45, 2.75) is 6.92 Å². The van der Waals surface area contributed by atoms with Gasteiger partial charge in [-0.15, -0.1) is 0 Å². The number of carbonyl (C=O) groups is 2. The van der Waals surface area contributed by atoms with Crippen molar-refractivity contribution in [1.29, 1.82) is 0 Å². The highest BCUT2D eigenvalue weighted by Gasteiger charge is 2.26. The Morgan fingerprint density at radius 2 is 1.73 bits per heavy atom. The van der Waals surface area contributed by atoms with E-state index in [0.29, 0.717) is 55.6 Å². The number of anilines is 3. The minimum Gasteiger partial charge on any atom is -0.505 e. The Balaban J connectivity index is 1.67. The predicted molar refractivity (Wildman–Crippen MR) is 123 cm³/mol. The van der Waals surface area contributed by atoms with Crippen molar-refractivity contribution in [1.82, 2.24) is 14.9 Å². The number of fused-ring (bicyclic) bond motifs is 1. The smallest absolute Gasteiger partial charge is 0.409 e. The fourth-order valence-corrected chi connectivity index (χ4v) is 3.66. The van der Waals surface area contributed by atoms with Gasteiger partial charge in [-0.05, 0) is 31.2 Å². The summed E-state index contributed by atoms with van der Waals surface area (Å²) in [5.41, 5.74) is 1.74. The monoisotopic (exact) mass is 451 g/mol. The summed E-state index contributed by atoms with van der Waals surface area (Å²) < 4.78 is 9.84. The number of ether oxygens (including phenoxy) is 2. The molecule has 10 nitrogen and oxygen atoms in total. The van der Waals surface area contributed by atoms with E-state index in [1.165, 1.54) is 13.2 Å². The zero-order valence-corrected chi connectivity index (χ0v) is 18.4. The summed E-state index contributed by atoms with van der Waals surface area (Å²) in [4.78, 5) is 37.2. The third-order valence-electron chi connectivity index (χ3n) is 5.35. The fourth-order valence-electron chi connectivity index (χ4n) is 3.66. The molecule has 3 aromatic rings. The maximum atomic E-state index is 12.1. The molecule has 1 fully saturated rings. The molecule has 1 aromatic heterocycles. The van der Waals surface area contributed by atoms with Crippen molar-refractivity contribution in [2.75, 3.05) is 50.1 Å². The van der Waals surface area contributed by atoms with E-state index in [9.17, 15) is 14.7 Å². The maximum absolute atomic E-state index is 12.1. The summed E-state index contributed by atoms with van der Waals surface area (Å²) in [7, 11) is 1.25. The Kier molecular flexibility index (Phi) is 6.43. The third-order valence-corrected chi connectivity index (χ3v) is 5.35. The number of hydrogen-bond acceptors (Lipinski definition) is 9. The summed E-state index contributed by atoms with van der Waals surface area (Å²) in [6, 6.07) is 12.2. The molecule has 1 aliphatic rings. The molecule has 1 amide bonds. The van der Waals surface area contributed by atoms with E-state index >= 15 is 0 Å². The van der Waals surface area contributed by atoms with Crippen LogP contribution in [-0.2, 0) is 9.47 Å². The molecule has 0 unspecified atom stereocenters. The SMILES string of the molecule is CCOC(=O)N1CCN(c2nc3ccccc3nc2Nc2cccc(C(=O)OC)c2O)CC1. The lowest BCUT2D eigenvalue weighted by Gasteiger charge is -2.35. The van der Waals surface area contributed by atoms with Crippen molar-refractivity contribution in [3.63, 3.8) is 0 Å². The van der Waals surface area contributed by atoms with Gasteiger partial charge in [-0.25, -0.2) is 19.6 Å².